The molecular formula is C20H18N2O4S. The van der Waals surface area contributed by atoms with E-state index in [9.17, 15) is 9.59 Å². The highest BCUT2D eigenvalue weighted by Crippen LogP contribution is 2.34. The highest BCUT2D eigenvalue weighted by molar-refractivity contribution is 8.18. The second kappa shape index (κ2) is 8.09. The van der Waals surface area contributed by atoms with Crippen LogP contribution < -0.4 is 4.74 Å². The van der Waals surface area contributed by atoms with E-state index in [2.05, 4.69) is 4.99 Å². The Balaban J connectivity index is 1.91. The van der Waals surface area contributed by atoms with E-state index in [0.29, 0.717) is 22.3 Å². The number of thioether (sulfide) groups is 1. The van der Waals surface area contributed by atoms with Crippen molar-refractivity contribution >= 4 is 40.6 Å². The lowest BCUT2D eigenvalue weighted by molar-refractivity contribution is -0.122. The van der Waals surface area contributed by atoms with Gasteiger partial charge in [0.2, 0.25) is 0 Å². The molecule has 138 valence electrons. The van der Waals surface area contributed by atoms with E-state index in [4.69, 9.17) is 9.84 Å². The summed E-state index contributed by atoms with van der Waals surface area (Å²) in [5.41, 5.74) is 1.54. The lowest BCUT2D eigenvalue weighted by Crippen LogP contribution is -2.28. The van der Waals surface area contributed by atoms with Crippen LogP contribution in [0.1, 0.15) is 22.8 Å². The maximum Gasteiger partial charge on any atom is 0.335 e. The molecule has 1 saturated heterocycles. The molecule has 0 spiro atoms. The van der Waals surface area contributed by atoms with Crippen molar-refractivity contribution in [2.24, 2.45) is 4.99 Å². The molecule has 0 atom stereocenters. The standard InChI is InChI=1S/C20H18N2O4S/c1-3-22-18(23)17(11-13-7-9-16(26-2)10-8-13)27-20(22)21-15-6-4-5-14(12-15)19(24)25/h4-12H,3H2,1-2H3,(H,24,25)/b17-11-,21-20?. The minimum atomic E-state index is -1.01. The highest BCUT2D eigenvalue weighted by Gasteiger charge is 2.32. The van der Waals surface area contributed by atoms with Gasteiger partial charge in [-0.2, -0.15) is 0 Å². The van der Waals surface area contributed by atoms with Gasteiger partial charge in [0.05, 0.1) is 23.3 Å². The van der Waals surface area contributed by atoms with Crippen LogP contribution in [0.2, 0.25) is 0 Å². The van der Waals surface area contributed by atoms with Crippen LogP contribution in [0.25, 0.3) is 6.08 Å². The van der Waals surface area contributed by atoms with Crippen molar-refractivity contribution in [1.82, 2.24) is 4.90 Å². The first kappa shape index (κ1) is 18.7. The van der Waals surface area contributed by atoms with Gasteiger partial charge in [-0.15, -0.1) is 0 Å². The predicted molar refractivity (Wildman–Crippen MR) is 106 cm³/mol. The monoisotopic (exact) mass is 382 g/mol. The maximum atomic E-state index is 12.7. The number of rotatable bonds is 5. The molecule has 3 rings (SSSR count). The number of methoxy groups -OCH3 is 1. The molecule has 6 nitrogen and oxygen atoms in total. The number of carboxylic acid groups (broad SMARTS) is 1. The molecule has 27 heavy (non-hydrogen) atoms. The Morgan fingerprint density at radius 3 is 2.63 bits per heavy atom. The van der Waals surface area contributed by atoms with Gasteiger partial charge in [0, 0.05) is 6.54 Å². The van der Waals surface area contributed by atoms with E-state index in [1.54, 1.807) is 24.1 Å². The van der Waals surface area contributed by atoms with Gasteiger partial charge in [-0.05, 0) is 60.7 Å². The first-order chi connectivity index (χ1) is 13.0. The van der Waals surface area contributed by atoms with Crippen LogP contribution in [0.3, 0.4) is 0 Å². The molecule has 7 heteroatoms. The number of hydrogen-bond donors (Lipinski definition) is 1. The molecule has 0 radical (unpaired) electrons. The van der Waals surface area contributed by atoms with E-state index in [1.807, 2.05) is 37.3 Å². The molecule has 1 aliphatic rings. The van der Waals surface area contributed by atoms with Crippen LogP contribution in [-0.4, -0.2) is 40.7 Å². The number of ether oxygens (including phenoxy) is 1. The minimum Gasteiger partial charge on any atom is -0.497 e. The van der Waals surface area contributed by atoms with Gasteiger partial charge in [0.15, 0.2) is 5.17 Å². The fourth-order valence-corrected chi connectivity index (χ4v) is 3.60. The Hall–Kier alpha value is -3.06. The van der Waals surface area contributed by atoms with Crippen LogP contribution in [0, 0.1) is 0 Å². The lowest BCUT2D eigenvalue weighted by atomic mass is 10.2. The van der Waals surface area contributed by atoms with Crippen molar-refractivity contribution in [2.75, 3.05) is 13.7 Å². The SMILES string of the molecule is CCN1C(=O)/C(=C/c2ccc(OC)cc2)SC1=Nc1cccc(C(=O)O)c1. The van der Waals surface area contributed by atoms with E-state index in [1.165, 1.54) is 23.9 Å². The van der Waals surface area contributed by atoms with Crippen LogP contribution in [-0.2, 0) is 4.79 Å². The second-order valence-corrected chi connectivity index (χ2v) is 6.69. The molecule has 1 fully saturated rings. The summed E-state index contributed by atoms with van der Waals surface area (Å²) < 4.78 is 5.14. The van der Waals surface area contributed by atoms with Crippen LogP contribution in [0.5, 0.6) is 5.75 Å². The third kappa shape index (κ3) is 4.20. The summed E-state index contributed by atoms with van der Waals surface area (Å²) in [5, 5.41) is 9.65. The van der Waals surface area contributed by atoms with Crippen molar-refractivity contribution in [3.8, 4) is 5.75 Å². The van der Waals surface area contributed by atoms with Gasteiger partial charge in [0.1, 0.15) is 5.75 Å². The van der Waals surface area contributed by atoms with Gasteiger partial charge in [-0.3, -0.25) is 9.69 Å². The van der Waals surface area contributed by atoms with E-state index in [-0.39, 0.29) is 11.5 Å². The molecule has 1 N–H and O–H groups in total. The summed E-state index contributed by atoms with van der Waals surface area (Å²) >= 11 is 1.27. The normalized spacial score (nSPS) is 17.0. The maximum absolute atomic E-state index is 12.7. The lowest BCUT2D eigenvalue weighted by Gasteiger charge is -2.12. The smallest absolute Gasteiger partial charge is 0.335 e. The number of carbonyl (C=O) groups excluding carboxylic acids is 1. The summed E-state index contributed by atoms with van der Waals surface area (Å²) in [7, 11) is 1.60. The fraction of sp³-hybridized carbons (Fsp3) is 0.150. The van der Waals surface area contributed by atoms with E-state index >= 15 is 0 Å². The summed E-state index contributed by atoms with van der Waals surface area (Å²) in [6.07, 6.45) is 1.81. The topological polar surface area (TPSA) is 79.2 Å². The van der Waals surface area contributed by atoms with Gasteiger partial charge in [0.25, 0.3) is 5.91 Å². The molecule has 0 aliphatic carbocycles. The zero-order valence-corrected chi connectivity index (χ0v) is 15.7. The van der Waals surface area contributed by atoms with Crippen molar-refractivity contribution in [3.05, 3.63) is 64.6 Å². The van der Waals surface area contributed by atoms with Gasteiger partial charge >= 0.3 is 5.97 Å². The predicted octanol–water partition coefficient (Wildman–Crippen LogP) is 4.02. The number of benzene rings is 2. The summed E-state index contributed by atoms with van der Waals surface area (Å²) in [4.78, 5) is 30.4. The number of carbonyl (C=O) groups is 2. The molecule has 0 saturated carbocycles. The van der Waals surface area contributed by atoms with Crippen molar-refractivity contribution in [3.63, 3.8) is 0 Å². The third-order valence-corrected chi connectivity index (χ3v) is 4.94. The number of carboxylic acids is 1. The minimum absolute atomic E-state index is 0.119. The average molecular weight is 382 g/mol. The number of amidine groups is 1. The molecule has 1 heterocycles. The Bertz CT molecular complexity index is 935. The first-order valence-electron chi connectivity index (χ1n) is 8.29. The molecule has 2 aromatic carbocycles. The van der Waals surface area contributed by atoms with Crippen LogP contribution in [0.4, 0.5) is 5.69 Å². The Morgan fingerprint density at radius 2 is 2.00 bits per heavy atom. The Labute approximate surface area is 161 Å². The average Bonchev–Trinajstić information content (AvgIpc) is 2.96. The number of aliphatic imine (C=N–C) groups is 1. The number of nitrogens with zero attached hydrogens (tertiary/aromatic N) is 2. The van der Waals surface area contributed by atoms with Gasteiger partial charge in [-0.25, -0.2) is 9.79 Å². The van der Waals surface area contributed by atoms with Crippen LogP contribution >= 0.6 is 11.8 Å². The molecular weight excluding hydrogens is 364 g/mol. The van der Waals surface area contributed by atoms with E-state index in [0.717, 1.165) is 11.3 Å². The Kier molecular flexibility index (Phi) is 5.61. The molecule has 0 unspecified atom stereocenters. The number of likely N-dealkylation sites (N-methyl/N-ethyl adjacent to an activating group) is 1. The molecule has 1 amide bonds. The van der Waals surface area contributed by atoms with Gasteiger partial charge in [-0.1, -0.05) is 18.2 Å². The van der Waals surface area contributed by atoms with Gasteiger partial charge < -0.3 is 9.84 Å². The van der Waals surface area contributed by atoms with Crippen molar-refractivity contribution in [1.29, 1.82) is 0 Å². The quantitative estimate of drug-likeness (QED) is 0.790. The molecule has 0 aromatic heterocycles. The summed E-state index contributed by atoms with van der Waals surface area (Å²) in [6, 6.07) is 13.8. The second-order valence-electron chi connectivity index (χ2n) is 5.68. The largest absolute Gasteiger partial charge is 0.497 e. The number of amides is 1. The highest BCUT2D eigenvalue weighted by atomic mass is 32.2. The Morgan fingerprint density at radius 1 is 1.26 bits per heavy atom. The fourth-order valence-electron chi connectivity index (χ4n) is 2.54. The zero-order valence-electron chi connectivity index (χ0n) is 14.9. The zero-order chi connectivity index (χ0) is 19.4. The van der Waals surface area contributed by atoms with E-state index < -0.39 is 5.97 Å². The first-order valence-corrected chi connectivity index (χ1v) is 9.11. The molecule has 0 bridgehead atoms. The number of hydrogen-bond acceptors (Lipinski definition) is 5. The molecule has 2 aromatic rings. The summed E-state index contributed by atoms with van der Waals surface area (Å²) in [6.45, 7) is 2.35. The molecule has 1 aliphatic heterocycles. The van der Waals surface area contributed by atoms with Crippen molar-refractivity contribution < 1.29 is 19.4 Å². The third-order valence-electron chi connectivity index (χ3n) is 3.94. The number of aromatic carboxylic acids is 1. The van der Waals surface area contributed by atoms with Crippen LogP contribution in [0.15, 0.2) is 58.4 Å². The summed E-state index contributed by atoms with van der Waals surface area (Å²) in [5.74, 6) is -0.385. The van der Waals surface area contributed by atoms with Crippen molar-refractivity contribution in [2.45, 2.75) is 6.92 Å².